The summed E-state index contributed by atoms with van der Waals surface area (Å²) in [4.78, 5) is 2.44. The van der Waals surface area contributed by atoms with Crippen LogP contribution in [0, 0.1) is 6.92 Å². The second-order valence-electron chi connectivity index (χ2n) is 7.34. The van der Waals surface area contributed by atoms with Crippen molar-refractivity contribution in [1.82, 2.24) is 5.16 Å². The van der Waals surface area contributed by atoms with Crippen LogP contribution in [0.4, 0.5) is 5.88 Å². The van der Waals surface area contributed by atoms with Crippen molar-refractivity contribution in [3.8, 4) is 11.3 Å². The van der Waals surface area contributed by atoms with Gasteiger partial charge in [0.1, 0.15) is 5.69 Å². The summed E-state index contributed by atoms with van der Waals surface area (Å²) < 4.78 is 5.84. The summed E-state index contributed by atoms with van der Waals surface area (Å²) in [6.07, 6.45) is 5.94. The number of hydrogen-bond donors (Lipinski definition) is 0. The Morgan fingerprint density at radius 2 is 1.85 bits per heavy atom. The molecule has 27 heavy (non-hydrogen) atoms. The number of nitrogens with zero attached hydrogens (tertiary/aromatic N) is 2. The van der Waals surface area contributed by atoms with E-state index < -0.39 is 0 Å². The zero-order valence-corrected chi connectivity index (χ0v) is 16.5. The molecule has 1 saturated heterocycles. The lowest BCUT2D eigenvalue weighted by Crippen LogP contribution is -2.40. The van der Waals surface area contributed by atoms with Crippen LogP contribution in [0.15, 0.2) is 59.1 Å². The minimum Gasteiger partial charge on any atom is -0.338 e. The van der Waals surface area contributed by atoms with Crippen molar-refractivity contribution in [3.63, 3.8) is 0 Å². The van der Waals surface area contributed by atoms with Crippen LogP contribution in [0.5, 0.6) is 0 Å². The lowest BCUT2D eigenvalue weighted by atomic mass is 9.95. The Morgan fingerprint density at radius 1 is 1.07 bits per heavy atom. The van der Waals surface area contributed by atoms with E-state index in [9.17, 15) is 0 Å². The molecule has 2 aromatic carbocycles. The summed E-state index contributed by atoms with van der Waals surface area (Å²) in [6, 6.07) is 19.0. The first-order valence-electron chi connectivity index (χ1n) is 9.75. The predicted molar refractivity (Wildman–Crippen MR) is 111 cm³/mol. The number of halogens is 1. The maximum atomic E-state index is 6.02. The summed E-state index contributed by atoms with van der Waals surface area (Å²) in [5.41, 5.74) is 4.47. The molecule has 0 aliphatic carbocycles. The average Bonchev–Trinajstić information content (AvgIpc) is 3.09. The highest BCUT2D eigenvalue weighted by Crippen LogP contribution is 2.35. The minimum atomic E-state index is 0.503. The lowest BCUT2D eigenvalue weighted by Gasteiger charge is -2.35. The molecule has 1 atom stereocenters. The van der Waals surface area contributed by atoms with E-state index in [1.54, 1.807) is 0 Å². The van der Waals surface area contributed by atoms with Crippen LogP contribution < -0.4 is 4.90 Å². The summed E-state index contributed by atoms with van der Waals surface area (Å²) in [7, 11) is 0. The average molecular weight is 381 g/mol. The first kappa shape index (κ1) is 18.1. The Labute approximate surface area is 165 Å². The fourth-order valence-electron chi connectivity index (χ4n) is 4.02. The number of anilines is 1. The van der Waals surface area contributed by atoms with Gasteiger partial charge in [-0.2, -0.15) is 0 Å². The van der Waals surface area contributed by atoms with Crippen molar-refractivity contribution >= 4 is 17.5 Å². The molecule has 140 valence electrons. The molecule has 3 aromatic rings. The quantitative estimate of drug-likeness (QED) is 0.520. The Kier molecular flexibility index (Phi) is 5.49. The fraction of sp³-hybridized carbons (Fsp3) is 0.348. The highest BCUT2D eigenvalue weighted by atomic mass is 35.5. The molecule has 1 aliphatic rings. The standard InChI is InChI=1S/C23H25ClN2O/c1-17-22(19-11-13-20(24)14-12-19)25-27-23(17)26-16-6-5-9-21(26)15-10-18-7-3-2-4-8-18/h2-4,7-8,11-14,21H,5-6,9-10,15-16H2,1H3. The van der Waals surface area contributed by atoms with Gasteiger partial charge in [-0.15, -0.1) is 0 Å². The Hall–Kier alpha value is -2.26. The third-order valence-corrected chi connectivity index (χ3v) is 5.77. The molecule has 0 N–H and O–H groups in total. The number of aromatic nitrogens is 1. The van der Waals surface area contributed by atoms with Gasteiger partial charge in [-0.3, -0.25) is 0 Å². The minimum absolute atomic E-state index is 0.503. The van der Waals surface area contributed by atoms with Gasteiger partial charge < -0.3 is 9.42 Å². The van der Waals surface area contributed by atoms with Crippen LogP contribution in [0.2, 0.25) is 5.02 Å². The van der Waals surface area contributed by atoms with E-state index in [2.05, 4.69) is 47.3 Å². The van der Waals surface area contributed by atoms with Gasteiger partial charge in [0.25, 0.3) is 0 Å². The number of benzene rings is 2. The van der Waals surface area contributed by atoms with Gasteiger partial charge in [-0.1, -0.05) is 59.2 Å². The molecule has 0 spiro atoms. The van der Waals surface area contributed by atoms with Gasteiger partial charge >= 0.3 is 0 Å². The third-order valence-electron chi connectivity index (χ3n) is 5.51. The van der Waals surface area contributed by atoms with E-state index >= 15 is 0 Å². The highest BCUT2D eigenvalue weighted by molar-refractivity contribution is 6.30. The molecule has 0 saturated carbocycles. The monoisotopic (exact) mass is 380 g/mol. The summed E-state index contributed by atoms with van der Waals surface area (Å²) in [5.74, 6) is 0.928. The van der Waals surface area contributed by atoms with E-state index in [0.29, 0.717) is 6.04 Å². The van der Waals surface area contributed by atoms with Crippen LogP contribution in [0.25, 0.3) is 11.3 Å². The molecule has 1 unspecified atom stereocenters. The molecule has 2 heterocycles. The van der Waals surface area contributed by atoms with Gasteiger partial charge in [-0.25, -0.2) is 0 Å². The largest absolute Gasteiger partial charge is 0.338 e. The molecule has 4 rings (SSSR count). The van der Waals surface area contributed by atoms with Crippen LogP contribution in [-0.2, 0) is 6.42 Å². The van der Waals surface area contributed by atoms with Crippen molar-refractivity contribution in [2.24, 2.45) is 0 Å². The van der Waals surface area contributed by atoms with Gasteiger partial charge in [0.05, 0.1) is 0 Å². The first-order valence-corrected chi connectivity index (χ1v) is 10.1. The number of hydrogen-bond acceptors (Lipinski definition) is 3. The smallest absolute Gasteiger partial charge is 0.231 e. The van der Waals surface area contributed by atoms with Crippen LogP contribution >= 0.6 is 11.6 Å². The second-order valence-corrected chi connectivity index (χ2v) is 7.77. The van der Waals surface area contributed by atoms with E-state index in [1.807, 2.05) is 24.3 Å². The Morgan fingerprint density at radius 3 is 2.63 bits per heavy atom. The molecule has 0 amide bonds. The van der Waals surface area contributed by atoms with E-state index in [4.69, 9.17) is 16.1 Å². The molecule has 1 fully saturated rings. The van der Waals surface area contributed by atoms with Crippen molar-refractivity contribution in [3.05, 3.63) is 70.7 Å². The maximum absolute atomic E-state index is 6.02. The van der Waals surface area contributed by atoms with Crippen LogP contribution in [0.3, 0.4) is 0 Å². The molecular formula is C23H25ClN2O. The summed E-state index contributed by atoms with van der Waals surface area (Å²) >= 11 is 6.02. The van der Waals surface area contributed by atoms with Gasteiger partial charge in [0.15, 0.2) is 0 Å². The fourth-order valence-corrected chi connectivity index (χ4v) is 4.14. The summed E-state index contributed by atoms with van der Waals surface area (Å²) in [5, 5.41) is 5.12. The van der Waals surface area contributed by atoms with Gasteiger partial charge in [-0.05, 0) is 56.7 Å². The zero-order valence-electron chi connectivity index (χ0n) is 15.7. The van der Waals surface area contributed by atoms with Gasteiger partial charge in [0, 0.05) is 28.7 Å². The molecule has 1 aromatic heterocycles. The Balaban J connectivity index is 1.54. The Bertz CT molecular complexity index is 873. The maximum Gasteiger partial charge on any atom is 0.231 e. The number of piperidine rings is 1. The van der Waals surface area contributed by atoms with E-state index in [0.717, 1.165) is 47.1 Å². The van der Waals surface area contributed by atoms with Crippen molar-refractivity contribution in [1.29, 1.82) is 0 Å². The van der Waals surface area contributed by atoms with Crippen LogP contribution in [0.1, 0.15) is 36.8 Å². The molecule has 3 nitrogen and oxygen atoms in total. The molecule has 4 heteroatoms. The third kappa shape index (κ3) is 4.03. The molecular weight excluding hydrogens is 356 g/mol. The number of rotatable bonds is 5. The lowest BCUT2D eigenvalue weighted by molar-refractivity contribution is 0.367. The first-order chi connectivity index (χ1) is 13.2. The van der Waals surface area contributed by atoms with E-state index in [1.165, 1.54) is 24.8 Å². The van der Waals surface area contributed by atoms with Gasteiger partial charge in [0.2, 0.25) is 5.88 Å². The van der Waals surface area contributed by atoms with Crippen molar-refractivity contribution in [2.75, 3.05) is 11.4 Å². The zero-order chi connectivity index (χ0) is 18.6. The van der Waals surface area contributed by atoms with Crippen molar-refractivity contribution < 1.29 is 4.52 Å². The topological polar surface area (TPSA) is 29.3 Å². The molecule has 0 bridgehead atoms. The second kappa shape index (κ2) is 8.18. The number of aryl methyl sites for hydroxylation is 1. The van der Waals surface area contributed by atoms with E-state index in [-0.39, 0.29) is 0 Å². The van der Waals surface area contributed by atoms with Crippen molar-refractivity contribution in [2.45, 2.75) is 45.1 Å². The molecule has 0 radical (unpaired) electrons. The van der Waals surface area contributed by atoms with Crippen LogP contribution in [-0.4, -0.2) is 17.7 Å². The summed E-state index contributed by atoms with van der Waals surface area (Å²) in [6.45, 7) is 3.15. The normalized spacial score (nSPS) is 17.3. The molecule has 1 aliphatic heterocycles. The highest BCUT2D eigenvalue weighted by Gasteiger charge is 2.28. The predicted octanol–water partition coefficient (Wildman–Crippen LogP) is 6.30. The SMILES string of the molecule is Cc1c(-c2ccc(Cl)cc2)noc1N1CCCCC1CCc1ccccc1.